The first-order valence-corrected chi connectivity index (χ1v) is 8.54. The van der Waals surface area contributed by atoms with Gasteiger partial charge in [0, 0.05) is 26.1 Å². The third-order valence-electron chi connectivity index (χ3n) is 4.67. The minimum atomic E-state index is -0.960. The van der Waals surface area contributed by atoms with E-state index in [0.717, 1.165) is 5.56 Å². The number of rotatable bonds is 6. The lowest BCUT2D eigenvalue weighted by molar-refractivity contribution is -0.134. The summed E-state index contributed by atoms with van der Waals surface area (Å²) in [5.41, 5.74) is 0.765. The fourth-order valence-electron chi connectivity index (χ4n) is 3.37. The summed E-state index contributed by atoms with van der Waals surface area (Å²) in [5, 5.41) is 19.1. The van der Waals surface area contributed by atoms with Gasteiger partial charge in [-0.2, -0.15) is 0 Å². The minimum Gasteiger partial charge on any atom is -0.478 e. The minimum absolute atomic E-state index is 0.215. The molecule has 1 atom stereocenters. The maximum Gasteiger partial charge on any atom is 0.335 e. The Morgan fingerprint density at radius 2 is 2.04 bits per heavy atom. The van der Waals surface area contributed by atoms with Crippen LogP contribution in [0.4, 0.5) is 4.39 Å². The van der Waals surface area contributed by atoms with Crippen LogP contribution in [0.25, 0.3) is 0 Å². The Morgan fingerprint density at radius 3 is 2.77 bits per heavy atom. The van der Waals surface area contributed by atoms with Gasteiger partial charge < -0.3 is 14.9 Å². The molecule has 138 valence electrons. The second-order valence-corrected chi connectivity index (χ2v) is 6.67. The Hall–Kier alpha value is -2.28. The number of ether oxygens (including phenoxy) is 1. The zero-order valence-corrected chi connectivity index (χ0v) is 14.4. The van der Waals surface area contributed by atoms with Crippen LogP contribution in [0.1, 0.15) is 21.5 Å². The second-order valence-electron chi connectivity index (χ2n) is 6.67. The summed E-state index contributed by atoms with van der Waals surface area (Å²) >= 11 is 0. The molecule has 0 unspecified atom stereocenters. The van der Waals surface area contributed by atoms with Gasteiger partial charge in [-0.1, -0.05) is 30.3 Å². The lowest BCUT2D eigenvalue weighted by atomic mass is 9.92. The van der Waals surface area contributed by atoms with Crippen molar-refractivity contribution in [2.75, 3.05) is 26.3 Å². The molecule has 2 aromatic carbocycles. The van der Waals surface area contributed by atoms with Crippen LogP contribution >= 0.6 is 0 Å². The molecule has 3 rings (SSSR count). The lowest BCUT2D eigenvalue weighted by Crippen LogP contribution is -2.55. The van der Waals surface area contributed by atoms with Gasteiger partial charge in [0.15, 0.2) is 0 Å². The number of carboxylic acid groups (broad SMARTS) is 1. The number of hydrogen-bond donors (Lipinski definition) is 2. The van der Waals surface area contributed by atoms with Crippen molar-refractivity contribution in [2.45, 2.75) is 18.6 Å². The molecule has 0 radical (unpaired) electrons. The van der Waals surface area contributed by atoms with Gasteiger partial charge >= 0.3 is 5.97 Å². The molecule has 1 aliphatic heterocycles. The number of carboxylic acids is 1. The fourth-order valence-corrected chi connectivity index (χ4v) is 3.37. The van der Waals surface area contributed by atoms with Crippen LogP contribution in [-0.2, 0) is 17.7 Å². The van der Waals surface area contributed by atoms with Gasteiger partial charge in [0.25, 0.3) is 0 Å². The first kappa shape index (κ1) is 18.5. The van der Waals surface area contributed by atoms with E-state index in [9.17, 15) is 14.3 Å². The highest BCUT2D eigenvalue weighted by atomic mass is 19.1. The molecule has 1 aliphatic rings. The van der Waals surface area contributed by atoms with E-state index in [1.807, 2.05) is 6.07 Å². The summed E-state index contributed by atoms with van der Waals surface area (Å²) in [5.74, 6) is -1.27. The van der Waals surface area contributed by atoms with Crippen LogP contribution in [0.3, 0.4) is 0 Å². The molecule has 26 heavy (non-hydrogen) atoms. The average molecular weight is 359 g/mol. The molecule has 1 heterocycles. The molecule has 0 bridgehead atoms. The number of aromatic carboxylic acids is 1. The predicted octanol–water partition coefficient (Wildman–Crippen LogP) is 2.33. The van der Waals surface area contributed by atoms with E-state index >= 15 is 0 Å². The average Bonchev–Trinajstić information content (AvgIpc) is 2.64. The normalized spacial score (nSPS) is 20.8. The lowest BCUT2D eigenvalue weighted by Gasteiger charge is -2.42. The van der Waals surface area contributed by atoms with E-state index in [0.29, 0.717) is 31.8 Å². The molecule has 2 aromatic rings. The molecule has 0 amide bonds. The molecule has 1 fully saturated rings. The maximum absolute atomic E-state index is 14.0. The zero-order chi connectivity index (χ0) is 18.6. The van der Waals surface area contributed by atoms with Crippen molar-refractivity contribution in [3.63, 3.8) is 0 Å². The Morgan fingerprint density at radius 1 is 1.23 bits per heavy atom. The maximum atomic E-state index is 14.0. The fraction of sp³-hybridized carbons (Fsp3) is 0.350. The highest BCUT2D eigenvalue weighted by Crippen LogP contribution is 2.25. The van der Waals surface area contributed by atoms with E-state index < -0.39 is 11.6 Å². The van der Waals surface area contributed by atoms with Crippen LogP contribution in [0.5, 0.6) is 0 Å². The highest BCUT2D eigenvalue weighted by Gasteiger charge is 2.37. The van der Waals surface area contributed by atoms with Gasteiger partial charge in [0.1, 0.15) is 11.4 Å². The van der Waals surface area contributed by atoms with E-state index in [1.165, 1.54) is 6.07 Å². The number of nitrogens with zero attached hydrogens (tertiary/aromatic N) is 1. The molecule has 6 heteroatoms. The van der Waals surface area contributed by atoms with E-state index in [-0.39, 0.29) is 24.4 Å². The Bertz CT molecular complexity index is 782. The highest BCUT2D eigenvalue weighted by molar-refractivity contribution is 5.87. The van der Waals surface area contributed by atoms with Crippen molar-refractivity contribution >= 4 is 5.97 Å². The summed E-state index contributed by atoms with van der Waals surface area (Å²) in [7, 11) is 0. The molecule has 2 N–H and O–H groups in total. The largest absolute Gasteiger partial charge is 0.478 e. The van der Waals surface area contributed by atoms with Gasteiger partial charge in [-0.15, -0.1) is 0 Å². The SMILES string of the molecule is O=C(O)c1cccc(CN2CCO[C@@](CO)(Cc3ccccc3F)C2)c1. The Balaban J connectivity index is 1.74. The van der Waals surface area contributed by atoms with Gasteiger partial charge in [-0.05, 0) is 29.3 Å². The van der Waals surface area contributed by atoms with Gasteiger partial charge in [0.05, 0.1) is 18.8 Å². The smallest absolute Gasteiger partial charge is 0.335 e. The number of hydrogen-bond acceptors (Lipinski definition) is 4. The number of carbonyl (C=O) groups is 1. The molecular weight excluding hydrogens is 337 g/mol. The quantitative estimate of drug-likeness (QED) is 0.828. The number of benzene rings is 2. The molecular formula is C20H22FNO4. The number of aliphatic hydroxyl groups is 1. The summed E-state index contributed by atoms with van der Waals surface area (Å²) in [6, 6.07) is 13.3. The van der Waals surface area contributed by atoms with Crippen molar-refractivity contribution in [3.8, 4) is 0 Å². The van der Waals surface area contributed by atoms with Crippen molar-refractivity contribution in [3.05, 3.63) is 71.0 Å². The summed E-state index contributed by atoms with van der Waals surface area (Å²) in [4.78, 5) is 13.2. The monoisotopic (exact) mass is 359 g/mol. The van der Waals surface area contributed by atoms with Gasteiger partial charge in [0.2, 0.25) is 0 Å². The topological polar surface area (TPSA) is 70.0 Å². The Labute approximate surface area is 151 Å². The predicted molar refractivity (Wildman–Crippen MR) is 94.6 cm³/mol. The third kappa shape index (κ3) is 4.27. The van der Waals surface area contributed by atoms with E-state index in [1.54, 1.807) is 36.4 Å². The first-order chi connectivity index (χ1) is 12.5. The molecule has 0 saturated carbocycles. The van der Waals surface area contributed by atoms with Crippen LogP contribution < -0.4 is 0 Å². The first-order valence-electron chi connectivity index (χ1n) is 8.54. The number of aliphatic hydroxyl groups excluding tert-OH is 1. The molecule has 0 spiro atoms. The van der Waals surface area contributed by atoms with Gasteiger partial charge in [-0.3, -0.25) is 4.90 Å². The summed E-state index contributed by atoms with van der Waals surface area (Å²) < 4.78 is 19.9. The van der Waals surface area contributed by atoms with Crippen LogP contribution in [0, 0.1) is 5.82 Å². The summed E-state index contributed by atoms with van der Waals surface area (Å²) in [6.07, 6.45) is 0.280. The van der Waals surface area contributed by atoms with Crippen LogP contribution in [-0.4, -0.2) is 53.0 Å². The molecule has 1 saturated heterocycles. The number of morpholine rings is 1. The molecule has 0 aromatic heterocycles. The number of halogens is 1. The van der Waals surface area contributed by atoms with Gasteiger partial charge in [-0.25, -0.2) is 9.18 Å². The molecule has 5 nitrogen and oxygen atoms in total. The molecule has 0 aliphatic carbocycles. The zero-order valence-electron chi connectivity index (χ0n) is 14.4. The third-order valence-corrected chi connectivity index (χ3v) is 4.67. The second kappa shape index (κ2) is 7.95. The van der Waals surface area contributed by atoms with Crippen molar-refractivity contribution in [1.82, 2.24) is 4.90 Å². The summed E-state index contributed by atoms with van der Waals surface area (Å²) in [6.45, 7) is 1.86. The van der Waals surface area contributed by atoms with Crippen LogP contribution in [0.15, 0.2) is 48.5 Å². The van der Waals surface area contributed by atoms with Crippen molar-refractivity contribution in [2.24, 2.45) is 0 Å². The van der Waals surface area contributed by atoms with Crippen LogP contribution in [0.2, 0.25) is 0 Å². The van der Waals surface area contributed by atoms with E-state index in [2.05, 4.69) is 4.90 Å². The Kier molecular flexibility index (Phi) is 5.66. The van der Waals surface area contributed by atoms with Crippen molar-refractivity contribution < 1.29 is 24.1 Å². The van der Waals surface area contributed by atoms with E-state index in [4.69, 9.17) is 9.84 Å². The standard InChI is InChI=1S/C20H22FNO4/c21-18-7-2-1-5-17(18)11-20(14-23)13-22(8-9-26-20)12-15-4-3-6-16(10-15)19(24)25/h1-7,10,23H,8-9,11-14H2,(H,24,25)/t20-/m0/s1. The van der Waals surface area contributed by atoms with Crippen molar-refractivity contribution in [1.29, 1.82) is 0 Å².